The highest BCUT2D eigenvalue weighted by atomic mass is 32.2. The summed E-state index contributed by atoms with van der Waals surface area (Å²) in [6.45, 7) is 6.47. The zero-order valence-corrected chi connectivity index (χ0v) is 16.9. The standard InChI is InChI=1S/C21H24N2O3S/c1-15-12-16(2)14-18(13-15)26-11-10-23(4)27(24,25)20-8-7-17(3)21-19(20)6-5-9-22-21/h5-9,12-14H,10-11H2,1-4H3. The van der Waals surface area contributed by atoms with Gasteiger partial charge in [0.1, 0.15) is 12.4 Å². The molecule has 0 radical (unpaired) electrons. The third kappa shape index (κ3) is 4.12. The van der Waals surface area contributed by atoms with Gasteiger partial charge in [-0.25, -0.2) is 8.42 Å². The molecule has 0 atom stereocenters. The number of hydrogen-bond donors (Lipinski definition) is 0. The minimum Gasteiger partial charge on any atom is -0.492 e. The van der Waals surface area contributed by atoms with Gasteiger partial charge in [-0.1, -0.05) is 12.1 Å². The van der Waals surface area contributed by atoms with Crippen molar-refractivity contribution in [3.63, 3.8) is 0 Å². The van der Waals surface area contributed by atoms with Crippen LogP contribution in [0, 0.1) is 20.8 Å². The minimum atomic E-state index is -3.64. The van der Waals surface area contributed by atoms with Crippen LogP contribution < -0.4 is 4.74 Å². The van der Waals surface area contributed by atoms with Crippen molar-refractivity contribution in [2.24, 2.45) is 0 Å². The Morgan fingerprint density at radius 2 is 1.74 bits per heavy atom. The van der Waals surface area contributed by atoms with Gasteiger partial charge in [-0.15, -0.1) is 0 Å². The highest BCUT2D eigenvalue weighted by Crippen LogP contribution is 2.26. The molecule has 0 aliphatic carbocycles. The van der Waals surface area contributed by atoms with Crippen LogP contribution in [0.4, 0.5) is 0 Å². The summed E-state index contributed by atoms with van der Waals surface area (Å²) in [6, 6.07) is 12.9. The number of likely N-dealkylation sites (N-methyl/N-ethyl adjacent to an activating group) is 1. The lowest BCUT2D eigenvalue weighted by Gasteiger charge is -2.19. The molecular weight excluding hydrogens is 360 g/mol. The maximum Gasteiger partial charge on any atom is 0.243 e. The average Bonchev–Trinajstić information content (AvgIpc) is 2.61. The lowest BCUT2D eigenvalue weighted by Crippen LogP contribution is -2.31. The Morgan fingerprint density at radius 1 is 1.04 bits per heavy atom. The van der Waals surface area contributed by atoms with Gasteiger partial charge in [-0.05, 0) is 67.8 Å². The number of sulfonamides is 1. The van der Waals surface area contributed by atoms with Crippen molar-refractivity contribution in [1.82, 2.24) is 9.29 Å². The Morgan fingerprint density at radius 3 is 2.44 bits per heavy atom. The van der Waals surface area contributed by atoms with Crippen molar-refractivity contribution < 1.29 is 13.2 Å². The summed E-state index contributed by atoms with van der Waals surface area (Å²) in [7, 11) is -2.07. The van der Waals surface area contributed by atoms with Gasteiger partial charge in [0.15, 0.2) is 0 Å². The van der Waals surface area contributed by atoms with E-state index >= 15 is 0 Å². The molecule has 142 valence electrons. The molecule has 1 heterocycles. The third-order valence-corrected chi connectivity index (χ3v) is 6.40. The van der Waals surface area contributed by atoms with Gasteiger partial charge in [0.25, 0.3) is 0 Å². The molecule has 3 rings (SSSR count). The Labute approximate surface area is 160 Å². The quantitative estimate of drug-likeness (QED) is 0.647. The van der Waals surface area contributed by atoms with E-state index < -0.39 is 10.0 Å². The van der Waals surface area contributed by atoms with Crippen molar-refractivity contribution in [2.75, 3.05) is 20.2 Å². The maximum absolute atomic E-state index is 13.1. The van der Waals surface area contributed by atoms with Gasteiger partial charge in [0.05, 0.1) is 10.4 Å². The van der Waals surface area contributed by atoms with Crippen molar-refractivity contribution >= 4 is 20.9 Å². The number of fused-ring (bicyclic) bond motifs is 1. The van der Waals surface area contributed by atoms with Gasteiger partial charge in [-0.3, -0.25) is 4.98 Å². The Bertz CT molecular complexity index is 1060. The van der Waals surface area contributed by atoms with Crippen molar-refractivity contribution in [3.8, 4) is 5.75 Å². The molecule has 0 spiro atoms. The van der Waals surface area contributed by atoms with Gasteiger partial charge in [-0.2, -0.15) is 4.31 Å². The van der Waals surface area contributed by atoms with Gasteiger partial charge < -0.3 is 4.74 Å². The predicted octanol–water partition coefficient (Wildman–Crippen LogP) is 3.86. The number of pyridine rings is 1. The fourth-order valence-electron chi connectivity index (χ4n) is 3.11. The molecule has 1 aromatic heterocycles. The number of hydrogen-bond acceptors (Lipinski definition) is 4. The van der Waals surface area contributed by atoms with Crippen LogP contribution in [0.5, 0.6) is 5.75 Å². The van der Waals surface area contributed by atoms with Gasteiger partial charge in [0, 0.05) is 25.2 Å². The van der Waals surface area contributed by atoms with Gasteiger partial charge in [0.2, 0.25) is 10.0 Å². The number of aromatic nitrogens is 1. The van der Waals surface area contributed by atoms with Crippen LogP contribution in [0.2, 0.25) is 0 Å². The summed E-state index contributed by atoms with van der Waals surface area (Å²) < 4.78 is 33.2. The van der Waals surface area contributed by atoms with E-state index in [9.17, 15) is 8.42 Å². The molecule has 2 aromatic carbocycles. The molecule has 0 fully saturated rings. The molecule has 0 amide bonds. The van der Waals surface area contributed by atoms with Crippen LogP contribution in [0.3, 0.4) is 0 Å². The number of nitrogens with zero attached hydrogens (tertiary/aromatic N) is 2. The summed E-state index contributed by atoms with van der Waals surface area (Å²) in [6.07, 6.45) is 1.67. The number of aryl methyl sites for hydroxylation is 3. The molecule has 0 bridgehead atoms. The second-order valence-electron chi connectivity index (χ2n) is 6.78. The number of ether oxygens (including phenoxy) is 1. The van der Waals surface area contributed by atoms with Crippen LogP contribution in [0.1, 0.15) is 16.7 Å². The molecule has 3 aromatic rings. The SMILES string of the molecule is Cc1cc(C)cc(OCCN(C)S(=O)(=O)c2ccc(C)c3ncccc23)c1. The van der Waals surface area contributed by atoms with E-state index in [4.69, 9.17) is 4.74 Å². The monoisotopic (exact) mass is 384 g/mol. The lowest BCUT2D eigenvalue weighted by molar-refractivity contribution is 0.286. The zero-order valence-electron chi connectivity index (χ0n) is 16.1. The first-order valence-electron chi connectivity index (χ1n) is 8.81. The molecule has 0 aliphatic rings. The molecule has 6 heteroatoms. The molecule has 0 saturated carbocycles. The first-order chi connectivity index (χ1) is 12.8. The largest absolute Gasteiger partial charge is 0.492 e. The average molecular weight is 385 g/mol. The Hall–Kier alpha value is -2.44. The molecule has 0 N–H and O–H groups in total. The van der Waals surface area contributed by atoms with Gasteiger partial charge >= 0.3 is 0 Å². The van der Waals surface area contributed by atoms with Crippen LogP contribution in [0.25, 0.3) is 10.9 Å². The van der Waals surface area contributed by atoms with E-state index in [0.29, 0.717) is 10.9 Å². The van der Waals surface area contributed by atoms with E-state index in [1.54, 1.807) is 37.5 Å². The third-order valence-electron chi connectivity index (χ3n) is 4.49. The minimum absolute atomic E-state index is 0.255. The van der Waals surface area contributed by atoms with Crippen LogP contribution in [-0.2, 0) is 10.0 Å². The van der Waals surface area contributed by atoms with E-state index in [0.717, 1.165) is 22.4 Å². The fourth-order valence-corrected chi connectivity index (χ4v) is 4.44. The summed E-state index contributed by atoms with van der Waals surface area (Å²) in [5.41, 5.74) is 3.89. The van der Waals surface area contributed by atoms with E-state index in [1.807, 2.05) is 32.9 Å². The summed E-state index contributed by atoms with van der Waals surface area (Å²) in [5.74, 6) is 0.753. The first kappa shape index (κ1) is 19.3. The van der Waals surface area contributed by atoms with E-state index in [2.05, 4.69) is 11.1 Å². The molecule has 0 unspecified atom stereocenters. The summed E-state index contributed by atoms with van der Waals surface area (Å²) in [5, 5.41) is 0.638. The molecule has 5 nitrogen and oxygen atoms in total. The Balaban J connectivity index is 1.78. The summed E-state index contributed by atoms with van der Waals surface area (Å²) in [4.78, 5) is 4.59. The predicted molar refractivity (Wildman–Crippen MR) is 108 cm³/mol. The second kappa shape index (κ2) is 7.66. The smallest absolute Gasteiger partial charge is 0.243 e. The van der Waals surface area contributed by atoms with Crippen molar-refractivity contribution in [2.45, 2.75) is 25.7 Å². The topological polar surface area (TPSA) is 59.5 Å². The number of rotatable bonds is 6. The maximum atomic E-state index is 13.1. The Kier molecular flexibility index (Phi) is 5.48. The lowest BCUT2D eigenvalue weighted by atomic mass is 10.1. The highest BCUT2D eigenvalue weighted by molar-refractivity contribution is 7.89. The normalized spacial score (nSPS) is 11.9. The zero-order chi connectivity index (χ0) is 19.6. The molecular formula is C21H24N2O3S. The second-order valence-corrected chi connectivity index (χ2v) is 8.79. The van der Waals surface area contributed by atoms with Crippen LogP contribution in [-0.4, -0.2) is 37.9 Å². The van der Waals surface area contributed by atoms with Crippen LogP contribution in [0.15, 0.2) is 53.6 Å². The first-order valence-corrected chi connectivity index (χ1v) is 10.2. The van der Waals surface area contributed by atoms with Crippen LogP contribution >= 0.6 is 0 Å². The van der Waals surface area contributed by atoms with Crippen molar-refractivity contribution in [3.05, 3.63) is 65.4 Å². The fraction of sp³-hybridized carbons (Fsp3) is 0.286. The molecule has 0 saturated heterocycles. The highest BCUT2D eigenvalue weighted by Gasteiger charge is 2.23. The molecule has 27 heavy (non-hydrogen) atoms. The molecule has 0 aliphatic heterocycles. The van der Waals surface area contributed by atoms with Crippen molar-refractivity contribution in [1.29, 1.82) is 0 Å². The van der Waals surface area contributed by atoms with E-state index in [-0.39, 0.29) is 18.0 Å². The number of benzene rings is 2. The summed E-state index contributed by atoms with van der Waals surface area (Å²) >= 11 is 0. The van der Waals surface area contributed by atoms with E-state index in [1.165, 1.54) is 4.31 Å².